The molecule has 0 atom stereocenters. The van der Waals surface area contributed by atoms with E-state index in [9.17, 15) is 8.42 Å². The third-order valence-electron chi connectivity index (χ3n) is 2.68. The number of nitrogens with one attached hydrogen (secondary N) is 1. The van der Waals surface area contributed by atoms with Gasteiger partial charge in [-0.25, -0.2) is 13.1 Å². The zero-order valence-electron chi connectivity index (χ0n) is 12.0. The average Bonchev–Trinajstić information content (AvgIpc) is 2.41. The number of nitrogens with two attached hydrogens (primary N) is 1. The zero-order chi connectivity index (χ0) is 15.7. The number of methoxy groups -OCH3 is 1. The Kier molecular flexibility index (Phi) is 8.20. The fourth-order valence-corrected chi connectivity index (χ4v) is 3.76. The average molecular weight is 381 g/mol. The van der Waals surface area contributed by atoms with Crippen molar-refractivity contribution in [3.63, 3.8) is 0 Å². The first kappa shape index (κ1) is 18.4. The Morgan fingerprint density at radius 2 is 2.00 bits per heavy atom. The quantitative estimate of drug-likeness (QED) is 0.476. The van der Waals surface area contributed by atoms with Gasteiger partial charge in [0.25, 0.3) is 0 Å². The Balaban J connectivity index is 2.33. The lowest BCUT2D eigenvalue weighted by atomic mass is 10.3. The lowest BCUT2D eigenvalue weighted by molar-refractivity contribution is 0.0689. The van der Waals surface area contributed by atoms with Gasteiger partial charge in [-0.1, -0.05) is 0 Å². The van der Waals surface area contributed by atoms with E-state index in [0.717, 1.165) is 6.42 Å². The maximum Gasteiger partial charge on any atom is 0.241 e. The van der Waals surface area contributed by atoms with Gasteiger partial charge in [0, 0.05) is 30.4 Å². The minimum atomic E-state index is -3.52. The van der Waals surface area contributed by atoms with E-state index in [0.29, 0.717) is 42.9 Å². The van der Waals surface area contributed by atoms with Gasteiger partial charge in [-0.3, -0.25) is 0 Å². The molecule has 0 spiro atoms. The molecule has 1 aromatic rings. The summed E-state index contributed by atoms with van der Waals surface area (Å²) in [6.45, 7) is 2.09. The number of ether oxygens (including phenoxy) is 2. The molecule has 120 valence electrons. The lowest BCUT2D eigenvalue weighted by Crippen LogP contribution is -2.25. The van der Waals surface area contributed by atoms with Crippen molar-refractivity contribution in [2.24, 2.45) is 0 Å². The highest BCUT2D eigenvalue weighted by Gasteiger charge is 2.16. The predicted octanol–water partition coefficient (Wildman–Crippen LogP) is 1.75. The molecule has 0 bridgehead atoms. The normalized spacial score (nSPS) is 11.7. The lowest BCUT2D eigenvalue weighted by Gasteiger charge is -2.09. The second kappa shape index (κ2) is 9.37. The fourth-order valence-electron chi connectivity index (χ4n) is 1.59. The van der Waals surface area contributed by atoms with Crippen molar-refractivity contribution in [3.8, 4) is 0 Å². The van der Waals surface area contributed by atoms with Gasteiger partial charge in [0.05, 0.1) is 18.1 Å². The summed E-state index contributed by atoms with van der Waals surface area (Å²) in [5.41, 5.74) is 6.10. The standard InChI is InChI=1S/C13H21BrN2O4S/c1-19-8-9-20-7-3-2-6-16-21(17,18)13-5-4-11(15)10-12(13)14/h4-5,10,16H,2-3,6-9,15H2,1H3. The number of hydrogen-bond donors (Lipinski definition) is 2. The van der Waals surface area contributed by atoms with Crippen LogP contribution >= 0.6 is 15.9 Å². The molecule has 0 aliphatic rings. The van der Waals surface area contributed by atoms with E-state index >= 15 is 0 Å². The molecule has 0 heterocycles. The maximum absolute atomic E-state index is 12.1. The number of benzene rings is 1. The van der Waals surface area contributed by atoms with Gasteiger partial charge in [0.15, 0.2) is 0 Å². The van der Waals surface area contributed by atoms with E-state index in [2.05, 4.69) is 20.7 Å². The van der Waals surface area contributed by atoms with E-state index < -0.39 is 10.0 Å². The summed E-state index contributed by atoms with van der Waals surface area (Å²) >= 11 is 3.21. The van der Waals surface area contributed by atoms with Gasteiger partial charge in [-0.05, 0) is 47.0 Å². The fraction of sp³-hybridized carbons (Fsp3) is 0.538. The highest BCUT2D eigenvalue weighted by molar-refractivity contribution is 9.10. The molecule has 21 heavy (non-hydrogen) atoms. The molecule has 0 aliphatic carbocycles. The van der Waals surface area contributed by atoms with Gasteiger partial charge in [-0.15, -0.1) is 0 Å². The van der Waals surface area contributed by atoms with Crippen LogP contribution in [0.2, 0.25) is 0 Å². The van der Waals surface area contributed by atoms with Crippen LogP contribution in [0.1, 0.15) is 12.8 Å². The number of sulfonamides is 1. The van der Waals surface area contributed by atoms with Crippen molar-refractivity contribution < 1.29 is 17.9 Å². The number of nitrogen functional groups attached to an aromatic ring is 1. The molecule has 0 saturated heterocycles. The van der Waals surface area contributed by atoms with Gasteiger partial charge in [0.1, 0.15) is 0 Å². The van der Waals surface area contributed by atoms with Gasteiger partial charge >= 0.3 is 0 Å². The van der Waals surface area contributed by atoms with Crippen LogP contribution in [-0.4, -0.2) is 41.9 Å². The highest BCUT2D eigenvalue weighted by atomic mass is 79.9. The van der Waals surface area contributed by atoms with Crippen LogP contribution in [0.3, 0.4) is 0 Å². The van der Waals surface area contributed by atoms with E-state index in [1.54, 1.807) is 19.2 Å². The van der Waals surface area contributed by atoms with Crippen molar-refractivity contribution in [3.05, 3.63) is 22.7 Å². The third-order valence-corrected chi connectivity index (χ3v) is 5.12. The topological polar surface area (TPSA) is 90.6 Å². The monoisotopic (exact) mass is 380 g/mol. The Hall–Kier alpha value is -0.670. The maximum atomic E-state index is 12.1. The molecule has 0 fully saturated rings. The van der Waals surface area contributed by atoms with Crippen LogP contribution in [0.15, 0.2) is 27.6 Å². The van der Waals surface area contributed by atoms with Gasteiger partial charge < -0.3 is 15.2 Å². The molecule has 0 saturated carbocycles. The number of anilines is 1. The SMILES string of the molecule is COCCOCCCCNS(=O)(=O)c1ccc(N)cc1Br. The Morgan fingerprint density at radius 1 is 1.24 bits per heavy atom. The van der Waals surface area contributed by atoms with Crippen molar-refractivity contribution in [1.82, 2.24) is 4.72 Å². The third kappa shape index (κ3) is 6.75. The van der Waals surface area contributed by atoms with Crippen LogP contribution in [0, 0.1) is 0 Å². The summed E-state index contributed by atoms with van der Waals surface area (Å²) in [5.74, 6) is 0. The molecular formula is C13H21BrN2O4S. The summed E-state index contributed by atoms with van der Waals surface area (Å²) in [6, 6.07) is 4.61. The van der Waals surface area contributed by atoms with Crippen molar-refractivity contribution >= 4 is 31.6 Å². The first-order valence-corrected chi connectivity index (χ1v) is 8.86. The molecule has 0 amide bonds. The number of halogens is 1. The molecule has 6 nitrogen and oxygen atoms in total. The first-order chi connectivity index (χ1) is 9.97. The van der Waals surface area contributed by atoms with Crippen molar-refractivity contribution in [2.45, 2.75) is 17.7 Å². The van der Waals surface area contributed by atoms with Crippen molar-refractivity contribution in [2.75, 3.05) is 39.2 Å². The van der Waals surface area contributed by atoms with Crippen LogP contribution in [0.4, 0.5) is 5.69 Å². The molecule has 0 aromatic heterocycles. The zero-order valence-corrected chi connectivity index (χ0v) is 14.4. The summed E-state index contributed by atoms with van der Waals surface area (Å²) in [7, 11) is -1.90. The van der Waals surface area contributed by atoms with Crippen LogP contribution in [0.25, 0.3) is 0 Å². The van der Waals surface area contributed by atoms with Crippen LogP contribution in [0.5, 0.6) is 0 Å². The predicted molar refractivity (Wildman–Crippen MR) is 85.7 cm³/mol. The van der Waals surface area contributed by atoms with E-state index in [4.69, 9.17) is 15.2 Å². The van der Waals surface area contributed by atoms with E-state index in [1.165, 1.54) is 6.07 Å². The van der Waals surface area contributed by atoms with Crippen molar-refractivity contribution in [1.29, 1.82) is 0 Å². The summed E-state index contributed by atoms with van der Waals surface area (Å²) in [4.78, 5) is 0.188. The second-order valence-electron chi connectivity index (χ2n) is 4.40. The van der Waals surface area contributed by atoms with Gasteiger partial charge in [-0.2, -0.15) is 0 Å². The smallest absolute Gasteiger partial charge is 0.241 e. The summed E-state index contributed by atoms with van der Waals surface area (Å²) < 4.78 is 37.4. The number of hydrogen-bond acceptors (Lipinski definition) is 5. The van der Waals surface area contributed by atoms with Crippen LogP contribution in [-0.2, 0) is 19.5 Å². The molecule has 1 aromatic carbocycles. The highest BCUT2D eigenvalue weighted by Crippen LogP contribution is 2.23. The molecule has 0 radical (unpaired) electrons. The molecule has 0 unspecified atom stereocenters. The molecule has 3 N–H and O–H groups in total. The van der Waals surface area contributed by atoms with E-state index in [1.807, 2.05) is 0 Å². The minimum Gasteiger partial charge on any atom is -0.399 e. The summed E-state index contributed by atoms with van der Waals surface area (Å²) in [5, 5.41) is 0. The minimum absolute atomic E-state index is 0.188. The molecule has 8 heteroatoms. The second-order valence-corrected chi connectivity index (χ2v) is 6.99. The Bertz CT molecular complexity index is 537. The Labute approximate surface area is 134 Å². The largest absolute Gasteiger partial charge is 0.399 e. The molecule has 0 aliphatic heterocycles. The number of unbranched alkanes of at least 4 members (excludes halogenated alkanes) is 1. The number of rotatable bonds is 10. The molecule has 1 rings (SSSR count). The molecular weight excluding hydrogens is 360 g/mol. The van der Waals surface area contributed by atoms with Gasteiger partial charge in [0.2, 0.25) is 10.0 Å². The first-order valence-electron chi connectivity index (χ1n) is 6.59. The van der Waals surface area contributed by atoms with E-state index in [-0.39, 0.29) is 4.90 Å². The van der Waals surface area contributed by atoms with Crippen LogP contribution < -0.4 is 10.5 Å². The summed E-state index contributed by atoms with van der Waals surface area (Å²) in [6.07, 6.45) is 1.49. The Morgan fingerprint density at radius 3 is 2.67 bits per heavy atom.